The Morgan fingerprint density at radius 1 is 1.46 bits per heavy atom. The smallest absolute Gasteiger partial charge is 0.243 e. The number of thiophene rings is 1. The van der Waals surface area contributed by atoms with Crippen LogP contribution < -0.4 is 5.32 Å². The zero-order valence-corrected chi connectivity index (χ0v) is 14.6. The summed E-state index contributed by atoms with van der Waals surface area (Å²) in [4.78, 5) is 5.53. The van der Waals surface area contributed by atoms with Crippen molar-refractivity contribution in [3.8, 4) is 10.7 Å². The van der Waals surface area contributed by atoms with Crippen LogP contribution in [0.25, 0.3) is 10.7 Å². The normalized spacial score (nSPS) is 18.5. The molecule has 0 spiro atoms. The minimum absolute atomic E-state index is 0.0367. The lowest BCUT2D eigenvalue weighted by Crippen LogP contribution is -2.32. The average Bonchev–Trinajstić information content (AvgIpc) is 3.33. The molecule has 0 aliphatic carbocycles. The van der Waals surface area contributed by atoms with Crippen LogP contribution in [0.4, 0.5) is 0 Å². The number of aromatic nitrogens is 5. The van der Waals surface area contributed by atoms with E-state index in [1.54, 1.807) is 11.3 Å². The second kappa shape index (κ2) is 6.45. The first-order valence-corrected chi connectivity index (χ1v) is 9.08. The molecule has 0 unspecified atom stereocenters. The molecule has 0 radical (unpaired) electrons. The molecule has 8 heteroatoms. The fourth-order valence-electron chi connectivity index (χ4n) is 3.04. The predicted molar refractivity (Wildman–Crippen MR) is 90.6 cm³/mol. The van der Waals surface area contributed by atoms with Crippen molar-refractivity contribution in [1.82, 2.24) is 30.2 Å². The van der Waals surface area contributed by atoms with Gasteiger partial charge in [0, 0.05) is 19.5 Å². The Morgan fingerprint density at radius 3 is 3.21 bits per heavy atom. The first-order chi connectivity index (χ1) is 11.7. The van der Waals surface area contributed by atoms with Gasteiger partial charge in [-0.05, 0) is 37.6 Å². The lowest BCUT2D eigenvalue weighted by molar-refractivity contribution is 0.301. The molecule has 7 nitrogen and oxygen atoms in total. The Hall–Kier alpha value is -2.06. The van der Waals surface area contributed by atoms with E-state index in [2.05, 4.69) is 37.1 Å². The first kappa shape index (κ1) is 15.5. The van der Waals surface area contributed by atoms with Crippen LogP contribution >= 0.6 is 11.3 Å². The largest absolute Gasteiger partial charge is 0.337 e. The zero-order chi connectivity index (χ0) is 16.5. The van der Waals surface area contributed by atoms with Crippen LogP contribution in [0.5, 0.6) is 0 Å². The second-order valence-electron chi connectivity index (χ2n) is 6.24. The number of nitrogens with zero attached hydrogens (tertiary/aromatic N) is 5. The molecule has 126 valence electrons. The number of rotatable bonds is 5. The van der Waals surface area contributed by atoms with Crippen LogP contribution in [-0.4, -0.2) is 31.4 Å². The first-order valence-electron chi connectivity index (χ1n) is 8.20. The topological polar surface area (TPSA) is 81.7 Å². The number of fused-ring (bicyclic) bond motifs is 1. The number of hydrogen-bond donors (Lipinski definition) is 1. The third-order valence-electron chi connectivity index (χ3n) is 4.50. The highest BCUT2D eigenvalue weighted by atomic mass is 32.1. The Morgan fingerprint density at radius 2 is 2.38 bits per heavy atom. The minimum Gasteiger partial charge on any atom is -0.337 e. The van der Waals surface area contributed by atoms with Gasteiger partial charge in [-0.1, -0.05) is 11.2 Å². The van der Waals surface area contributed by atoms with Gasteiger partial charge < -0.3 is 14.4 Å². The maximum absolute atomic E-state index is 5.41. The van der Waals surface area contributed by atoms with Gasteiger partial charge in [0.15, 0.2) is 0 Å². The summed E-state index contributed by atoms with van der Waals surface area (Å²) in [5.74, 6) is 3.97. The fraction of sp³-hybridized carbons (Fsp3) is 0.500. The Balaban J connectivity index is 1.36. The second-order valence-corrected chi connectivity index (χ2v) is 7.19. The summed E-state index contributed by atoms with van der Waals surface area (Å²) in [5, 5.41) is 18.0. The Labute approximate surface area is 144 Å². The van der Waals surface area contributed by atoms with Gasteiger partial charge in [-0.25, -0.2) is 0 Å². The van der Waals surface area contributed by atoms with Crippen LogP contribution in [0.1, 0.15) is 36.9 Å². The third kappa shape index (κ3) is 2.99. The molecule has 3 aromatic heterocycles. The number of aryl methyl sites for hydroxylation is 2. The van der Waals surface area contributed by atoms with E-state index in [0.29, 0.717) is 17.6 Å². The summed E-state index contributed by atoms with van der Waals surface area (Å²) in [6, 6.07) is 4.02. The summed E-state index contributed by atoms with van der Waals surface area (Å²) < 4.78 is 7.64. The van der Waals surface area contributed by atoms with E-state index in [0.717, 1.165) is 42.5 Å². The van der Waals surface area contributed by atoms with Crippen molar-refractivity contribution < 1.29 is 4.52 Å². The molecule has 0 saturated carbocycles. The van der Waals surface area contributed by atoms with E-state index < -0.39 is 0 Å². The molecule has 0 saturated heterocycles. The van der Waals surface area contributed by atoms with Crippen molar-refractivity contribution in [3.05, 3.63) is 35.1 Å². The van der Waals surface area contributed by atoms with Crippen LogP contribution in [0.3, 0.4) is 0 Å². The van der Waals surface area contributed by atoms with Crippen LogP contribution in [0.2, 0.25) is 0 Å². The predicted octanol–water partition coefficient (Wildman–Crippen LogP) is 2.61. The lowest BCUT2D eigenvalue weighted by Gasteiger charge is -2.25. The summed E-state index contributed by atoms with van der Waals surface area (Å²) in [5.41, 5.74) is 0. The molecule has 4 heterocycles. The van der Waals surface area contributed by atoms with Gasteiger partial charge in [-0.3, -0.25) is 0 Å². The van der Waals surface area contributed by atoms with Gasteiger partial charge in [-0.15, -0.1) is 21.5 Å². The van der Waals surface area contributed by atoms with Crippen LogP contribution in [0, 0.1) is 12.8 Å². The zero-order valence-electron chi connectivity index (χ0n) is 13.8. The lowest BCUT2D eigenvalue weighted by atomic mass is 9.99. The molecule has 24 heavy (non-hydrogen) atoms. The molecular weight excluding hydrogens is 324 g/mol. The van der Waals surface area contributed by atoms with E-state index >= 15 is 0 Å². The molecule has 1 aliphatic rings. The van der Waals surface area contributed by atoms with Crippen molar-refractivity contribution in [1.29, 1.82) is 0 Å². The van der Waals surface area contributed by atoms with E-state index in [-0.39, 0.29) is 6.04 Å². The summed E-state index contributed by atoms with van der Waals surface area (Å²) in [7, 11) is 0. The highest BCUT2D eigenvalue weighted by molar-refractivity contribution is 7.13. The van der Waals surface area contributed by atoms with Crippen molar-refractivity contribution in [3.63, 3.8) is 0 Å². The number of nitrogens with one attached hydrogen (secondary N) is 1. The fourth-order valence-corrected chi connectivity index (χ4v) is 3.69. The molecule has 3 aromatic rings. The van der Waals surface area contributed by atoms with Gasteiger partial charge in [0.2, 0.25) is 11.7 Å². The van der Waals surface area contributed by atoms with E-state index in [1.807, 2.05) is 24.4 Å². The molecule has 0 bridgehead atoms. The highest BCUT2D eigenvalue weighted by Gasteiger charge is 2.23. The van der Waals surface area contributed by atoms with Gasteiger partial charge >= 0.3 is 0 Å². The van der Waals surface area contributed by atoms with Crippen molar-refractivity contribution in [2.75, 3.05) is 6.54 Å². The highest BCUT2D eigenvalue weighted by Crippen LogP contribution is 2.24. The van der Waals surface area contributed by atoms with Crippen molar-refractivity contribution in [2.45, 2.75) is 39.3 Å². The molecule has 0 aromatic carbocycles. The van der Waals surface area contributed by atoms with Crippen LogP contribution in [-0.2, 0) is 13.0 Å². The number of hydrogen-bond acceptors (Lipinski definition) is 7. The maximum atomic E-state index is 5.41. The van der Waals surface area contributed by atoms with Crippen molar-refractivity contribution in [2.24, 2.45) is 5.92 Å². The van der Waals surface area contributed by atoms with Crippen molar-refractivity contribution >= 4 is 11.3 Å². The molecular formula is C16H20N6OS. The Bertz CT molecular complexity index is 809. The minimum atomic E-state index is 0.0367. The van der Waals surface area contributed by atoms with Gasteiger partial charge in [-0.2, -0.15) is 4.98 Å². The Kier molecular flexibility index (Phi) is 4.15. The molecule has 1 aliphatic heterocycles. The maximum Gasteiger partial charge on any atom is 0.243 e. The molecule has 0 fully saturated rings. The SMILES string of the molecule is Cc1nnc2n1C[C@@H](CN[C@@H](C)c1nc(-c3cccs3)no1)CC2. The van der Waals surface area contributed by atoms with Crippen LogP contribution in [0.15, 0.2) is 22.0 Å². The van der Waals surface area contributed by atoms with Gasteiger partial charge in [0.05, 0.1) is 10.9 Å². The molecule has 0 amide bonds. The monoisotopic (exact) mass is 344 g/mol. The summed E-state index contributed by atoms with van der Waals surface area (Å²) in [6.07, 6.45) is 2.12. The van der Waals surface area contributed by atoms with Gasteiger partial charge in [0.25, 0.3) is 0 Å². The summed E-state index contributed by atoms with van der Waals surface area (Å²) in [6.45, 7) is 5.95. The van der Waals surface area contributed by atoms with Gasteiger partial charge in [0.1, 0.15) is 11.6 Å². The average molecular weight is 344 g/mol. The molecule has 1 N–H and O–H groups in total. The van der Waals surface area contributed by atoms with E-state index in [9.17, 15) is 0 Å². The quantitative estimate of drug-likeness (QED) is 0.766. The third-order valence-corrected chi connectivity index (χ3v) is 5.36. The van der Waals surface area contributed by atoms with E-state index in [4.69, 9.17) is 4.52 Å². The van der Waals surface area contributed by atoms with E-state index in [1.165, 1.54) is 0 Å². The molecule has 2 atom stereocenters. The summed E-state index contributed by atoms with van der Waals surface area (Å²) >= 11 is 1.61. The molecule has 4 rings (SSSR count). The standard InChI is InChI=1S/C16H20N6OS/c1-10(16-18-15(21-23-16)13-4-3-7-24-13)17-8-12-5-6-14-20-19-11(2)22(14)9-12/h3-4,7,10,12,17H,5-6,8-9H2,1-2H3/t10-,12+/m0/s1.